The molecule has 3 rings (SSSR count). The Bertz CT molecular complexity index is 695. The zero-order chi connectivity index (χ0) is 14.1. The van der Waals surface area contributed by atoms with E-state index in [2.05, 4.69) is 5.10 Å². The van der Waals surface area contributed by atoms with Crippen LogP contribution in [-0.4, -0.2) is 23.7 Å². The van der Waals surface area contributed by atoms with Gasteiger partial charge in [0.15, 0.2) is 0 Å². The normalized spacial score (nSPS) is 14.6. The van der Waals surface area contributed by atoms with E-state index in [1.807, 2.05) is 48.5 Å². The van der Waals surface area contributed by atoms with E-state index < -0.39 is 0 Å². The monoisotopic (exact) mass is 284 g/mol. The third kappa shape index (κ3) is 2.32. The van der Waals surface area contributed by atoms with Gasteiger partial charge < -0.3 is 0 Å². The first kappa shape index (κ1) is 12.9. The molecule has 1 amide bonds. The molecule has 0 saturated carbocycles. The third-order valence-electron chi connectivity index (χ3n) is 3.33. The Balaban J connectivity index is 2.23. The summed E-state index contributed by atoms with van der Waals surface area (Å²) in [5.41, 5.74) is 3.61. The van der Waals surface area contributed by atoms with Gasteiger partial charge in [-0.2, -0.15) is 5.10 Å². The first-order valence-electron chi connectivity index (χ1n) is 6.34. The lowest BCUT2D eigenvalue weighted by Crippen LogP contribution is -2.22. The van der Waals surface area contributed by atoms with Crippen molar-refractivity contribution in [3.8, 4) is 0 Å². The predicted molar refractivity (Wildman–Crippen MR) is 80.0 cm³/mol. The van der Waals surface area contributed by atoms with Crippen molar-refractivity contribution in [2.45, 2.75) is 6.42 Å². The number of likely N-dealkylation sites (N-methyl/N-ethyl adjacent to an activating group) is 1. The molecule has 0 fully saturated rings. The SMILES string of the molecule is CN1N=C(c2ccccc2)c2cc(Cl)ccc2CC1=O. The molecular weight excluding hydrogens is 272 g/mol. The number of amides is 1. The number of hydrazone groups is 1. The van der Waals surface area contributed by atoms with Crippen LogP contribution in [0.3, 0.4) is 0 Å². The lowest BCUT2D eigenvalue weighted by Gasteiger charge is -2.10. The van der Waals surface area contributed by atoms with Crippen molar-refractivity contribution in [2.24, 2.45) is 5.10 Å². The summed E-state index contributed by atoms with van der Waals surface area (Å²) in [7, 11) is 1.68. The molecule has 0 saturated heterocycles. The first-order valence-corrected chi connectivity index (χ1v) is 6.72. The highest BCUT2D eigenvalue weighted by atomic mass is 35.5. The maximum absolute atomic E-state index is 12.0. The number of fused-ring (bicyclic) bond motifs is 1. The van der Waals surface area contributed by atoms with Gasteiger partial charge in [-0.15, -0.1) is 0 Å². The number of benzene rings is 2. The predicted octanol–water partition coefficient (Wildman–Crippen LogP) is 3.11. The summed E-state index contributed by atoms with van der Waals surface area (Å²) in [6.07, 6.45) is 0.336. The molecule has 1 aliphatic heterocycles. The zero-order valence-electron chi connectivity index (χ0n) is 11.0. The lowest BCUT2D eigenvalue weighted by molar-refractivity contribution is -0.129. The molecule has 0 bridgehead atoms. The number of rotatable bonds is 1. The number of hydrogen-bond acceptors (Lipinski definition) is 2. The highest BCUT2D eigenvalue weighted by Gasteiger charge is 2.21. The van der Waals surface area contributed by atoms with Gasteiger partial charge in [0.05, 0.1) is 12.1 Å². The Hall–Kier alpha value is -2.13. The number of carbonyl (C=O) groups is 1. The maximum Gasteiger partial charge on any atom is 0.246 e. The third-order valence-corrected chi connectivity index (χ3v) is 3.56. The molecule has 100 valence electrons. The summed E-state index contributed by atoms with van der Waals surface area (Å²) >= 11 is 6.10. The van der Waals surface area contributed by atoms with E-state index >= 15 is 0 Å². The van der Waals surface area contributed by atoms with Gasteiger partial charge in [0.2, 0.25) is 5.91 Å². The van der Waals surface area contributed by atoms with Crippen molar-refractivity contribution in [3.63, 3.8) is 0 Å². The Labute approximate surface area is 122 Å². The Morgan fingerprint density at radius 2 is 1.90 bits per heavy atom. The quantitative estimate of drug-likeness (QED) is 0.792. The number of halogens is 1. The van der Waals surface area contributed by atoms with Gasteiger partial charge in [-0.1, -0.05) is 48.0 Å². The molecule has 0 atom stereocenters. The second-order valence-corrected chi connectivity index (χ2v) is 5.15. The molecule has 3 nitrogen and oxygen atoms in total. The standard InChI is InChI=1S/C16H13ClN2O/c1-19-15(20)9-12-7-8-13(17)10-14(12)16(18-19)11-5-3-2-4-6-11/h2-8,10H,9H2,1H3. The average Bonchev–Trinajstić information content (AvgIpc) is 2.58. The van der Waals surface area contributed by atoms with Crippen LogP contribution >= 0.6 is 11.6 Å². The summed E-state index contributed by atoms with van der Waals surface area (Å²) in [6.45, 7) is 0. The van der Waals surface area contributed by atoms with Crippen molar-refractivity contribution in [1.82, 2.24) is 5.01 Å². The van der Waals surface area contributed by atoms with Crippen LogP contribution in [0.15, 0.2) is 53.6 Å². The Morgan fingerprint density at radius 1 is 1.15 bits per heavy atom. The smallest absolute Gasteiger partial charge is 0.246 e. The van der Waals surface area contributed by atoms with Crippen LogP contribution in [0.25, 0.3) is 0 Å². The van der Waals surface area contributed by atoms with Gasteiger partial charge in [0.1, 0.15) is 0 Å². The highest BCUT2D eigenvalue weighted by molar-refractivity contribution is 6.31. The zero-order valence-corrected chi connectivity index (χ0v) is 11.8. The molecule has 2 aromatic carbocycles. The topological polar surface area (TPSA) is 32.7 Å². The minimum atomic E-state index is -0.0282. The van der Waals surface area contributed by atoms with Crippen molar-refractivity contribution < 1.29 is 4.79 Å². The number of carbonyl (C=O) groups excluding carboxylic acids is 1. The van der Waals surface area contributed by atoms with Gasteiger partial charge in [-0.3, -0.25) is 4.79 Å². The van der Waals surface area contributed by atoms with E-state index in [1.165, 1.54) is 5.01 Å². The molecule has 20 heavy (non-hydrogen) atoms. The van der Waals surface area contributed by atoms with Crippen LogP contribution < -0.4 is 0 Å². The summed E-state index contributed by atoms with van der Waals surface area (Å²) in [5, 5.41) is 6.49. The molecule has 4 heteroatoms. The van der Waals surface area contributed by atoms with Crippen LogP contribution in [0, 0.1) is 0 Å². The second-order valence-electron chi connectivity index (χ2n) is 4.71. The van der Waals surface area contributed by atoms with Crippen LogP contribution in [0.1, 0.15) is 16.7 Å². The largest absolute Gasteiger partial charge is 0.273 e. The second kappa shape index (κ2) is 5.10. The molecule has 0 spiro atoms. The van der Waals surface area contributed by atoms with Gasteiger partial charge in [0.25, 0.3) is 0 Å². The molecular formula is C16H13ClN2O. The van der Waals surface area contributed by atoms with E-state index in [-0.39, 0.29) is 5.91 Å². The molecule has 0 aromatic heterocycles. The molecule has 1 heterocycles. The first-order chi connectivity index (χ1) is 9.65. The molecule has 0 radical (unpaired) electrons. The van der Waals surface area contributed by atoms with Gasteiger partial charge in [-0.05, 0) is 17.7 Å². The molecule has 2 aromatic rings. The minimum Gasteiger partial charge on any atom is -0.273 e. The van der Waals surface area contributed by atoms with Crippen LogP contribution in [0.5, 0.6) is 0 Å². The van der Waals surface area contributed by atoms with Gasteiger partial charge >= 0.3 is 0 Å². The average molecular weight is 285 g/mol. The van der Waals surface area contributed by atoms with Crippen molar-refractivity contribution >= 4 is 23.2 Å². The van der Waals surface area contributed by atoms with Gasteiger partial charge in [0, 0.05) is 23.2 Å². The molecule has 0 aliphatic carbocycles. The maximum atomic E-state index is 12.0. The molecule has 0 N–H and O–H groups in total. The Kier molecular flexibility index (Phi) is 3.28. The van der Waals surface area contributed by atoms with Gasteiger partial charge in [-0.25, -0.2) is 5.01 Å². The van der Waals surface area contributed by atoms with E-state index in [4.69, 9.17) is 11.6 Å². The van der Waals surface area contributed by atoms with Crippen molar-refractivity contribution in [2.75, 3.05) is 7.05 Å². The molecule has 0 unspecified atom stereocenters. The van der Waals surface area contributed by atoms with E-state index in [0.29, 0.717) is 11.4 Å². The molecule has 1 aliphatic rings. The van der Waals surface area contributed by atoms with E-state index in [9.17, 15) is 4.79 Å². The number of nitrogens with zero attached hydrogens (tertiary/aromatic N) is 2. The Morgan fingerprint density at radius 3 is 2.65 bits per heavy atom. The van der Waals surface area contributed by atoms with Crippen molar-refractivity contribution in [3.05, 3.63) is 70.2 Å². The highest BCUT2D eigenvalue weighted by Crippen LogP contribution is 2.23. The fraction of sp³-hybridized carbons (Fsp3) is 0.125. The minimum absolute atomic E-state index is 0.0282. The van der Waals surface area contributed by atoms with Crippen LogP contribution in [-0.2, 0) is 11.2 Å². The summed E-state index contributed by atoms with van der Waals surface area (Å²) < 4.78 is 0. The summed E-state index contributed by atoms with van der Waals surface area (Å²) in [4.78, 5) is 12.0. The summed E-state index contributed by atoms with van der Waals surface area (Å²) in [6, 6.07) is 15.4. The lowest BCUT2D eigenvalue weighted by atomic mass is 9.96. The van der Waals surface area contributed by atoms with Crippen molar-refractivity contribution in [1.29, 1.82) is 0 Å². The fourth-order valence-corrected chi connectivity index (χ4v) is 2.44. The van der Waals surface area contributed by atoms with E-state index in [1.54, 1.807) is 7.05 Å². The summed E-state index contributed by atoms with van der Waals surface area (Å²) in [5.74, 6) is -0.0282. The number of hydrogen-bond donors (Lipinski definition) is 0. The fourth-order valence-electron chi connectivity index (χ4n) is 2.27. The van der Waals surface area contributed by atoms with Crippen LogP contribution in [0.2, 0.25) is 5.02 Å². The van der Waals surface area contributed by atoms with Crippen LogP contribution in [0.4, 0.5) is 0 Å². The van der Waals surface area contributed by atoms with E-state index in [0.717, 1.165) is 22.4 Å².